The highest BCUT2D eigenvalue weighted by Gasteiger charge is 2.36. The van der Waals surface area contributed by atoms with E-state index in [0.29, 0.717) is 16.4 Å². The van der Waals surface area contributed by atoms with Gasteiger partial charge in [0.15, 0.2) is 8.68 Å². The number of aromatic nitrogens is 1. The molecule has 0 spiro atoms. The van der Waals surface area contributed by atoms with Gasteiger partial charge in [0.2, 0.25) is 0 Å². The zero-order valence-electron chi connectivity index (χ0n) is 9.81. The van der Waals surface area contributed by atoms with Gasteiger partial charge in [-0.1, -0.05) is 29.9 Å². The van der Waals surface area contributed by atoms with Gasteiger partial charge in [-0.3, -0.25) is 0 Å². The molecule has 1 aromatic heterocycles. The van der Waals surface area contributed by atoms with Crippen LogP contribution in [0.3, 0.4) is 0 Å². The van der Waals surface area contributed by atoms with Crippen LogP contribution in [0.1, 0.15) is 31.9 Å². The Balaban J connectivity index is 2.39. The Morgan fingerprint density at radius 3 is 2.82 bits per heavy atom. The van der Waals surface area contributed by atoms with E-state index < -0.39 is 10.0 Å². The van der Waals surface area contributed by atoms with Crippen molar-refractivity contribution in [2.75, 3.05) is 6.54 Å². The molecular formula is C10H15ClN2O2S2. The minimum atomic E-state index is -3.40. The Morgan fingerprint density at radius 2 is 2.29 bits per heavy atom. The number of sulfonamides is 1. The molecule has 1 aliphatic rings. The largest absolute Gasteiger partial charge is 0.254 e. The summed E-state index contributed by atoms with van der Waals surface area (Å²) in [6.07, 6.45) is 2.73. The summed E-state index contributed by atoms with van der Waals surface area (Å²) >= 11 is 6.82. The fourth-order valence-electron chi connectivity index (χ4n) is 2.23. The van der Waals surface area contributed by atoms with Gasteiger partial charge in [0.05, 0.1) is 5.69 Å². The predicted molar refractivity (Wildman–Crippen MR) is 69.1 cm³/mol. The molecule has 2 rings (SSSR count). The van der Waals surface area contributed by atoms with Crippen LogP contribution in [-0.2, 0) is 10.0 Å². The third-order valence-electron chi connectivity index (χ3n) is 3.07. The summed E-state index contributed by atoms with van der Waals surface area (Å²) in [7, 11) is -3.40. The van der Waals surface area contributed by atoms with Gasteiger partial charge in [-0.15, -0.1) is 0 Å². The van der Waals surface area contributed by atoms with Crippen molar-refractivity contribution in [2.45, 2.75) is 43.4 Å². The molecule has 2 heterocycles. The van der Waals surface area contributed by atoms with E-state index in [1.807, 2.05) is 6.92 Å². The van der Waals surface area contributed by atoms with Gasteiger partial charge in [0, 0.05) is 12.6 Å². The first-order chi connectivity index (χ1) is 7.96. The van der Waals surface area contributed by atoms with Crippen molar-refractivity contribution < 1.29 is 8.42 Å². The molecule has 1 aliphatic heterocycles. The average Bonchev–Trinajstić information content (AvgIpc) is 2.84. The monoisotopic (exact) mass is 294 g/mol. The molecule has 0 aliphatic carbocycles. The van der Waals surface area contributed by atoms with Crippen molar-refractivity contribution in [3.8, 4) is 0 Å². The summed E-state index contributed by atoms with van der Waals surface area (Å²) in [6, 6.07) is 0.125. The molecule has 0 aromatic carbocycles. The second-order valence-corrected chi connectivity index (χ2v) is 7.83. The van der Waals surface area contributed by atoms with Crippen LogP contribution < -0.4 is 0 Å². The van der Waals surface area contributed by atoms with Crippen LogP contribution in [0, 0.1) is 6.92 Å². The third kappa shape index (κ3) is 2.36. The van der Waals surface area contributed by atoms with E-state index in [4.69, 9.17) is 11.6 Å². The van der Waals surface area contributed by atoms with Crippen LogP contribution in [0.2, 0.25) is 4.47 Å². The number of nitrogens with zero attached hydrogens (tertiary/aromatic N) is 2. The fraction of sp³-hybridized carbons (Fsp3) is 0.700. The summed E-state index contributed by atoms with van der Waals surface area (Å²) in [5.74, 6) is 0. The lowest BCUT2D eigenvalue weighted by Gasteiger charge is -2.22. The first-order valence-electron chi connectivity index (χ1n) is 5.61. The average molecular weight is 295 g/mol. The van der Waals surface area contributed by atoms with E-state index in [9.17, 15) is 8.42 Å². The molecule has 0 radical (unpaired) electrons. The number of rotatable bonds is 3. The maximum Gasteiger partial charge on any atom is 0.254 e. The SMILES string of the molecule is CCC1CCCN1S(=O)(=O)c1sc(Cl)nc1C. The molecule has 17 heavy (non-hydrogen) atoms. The third-order valence-corrected chi connectivity index (χ3v) is 6.87. The molecule has 0 bridgehead atoms. The minimum absolute atomic E-state index is 0.125. The van der Waals surface area contributed by atoms with Gasteiger partial charge < -0.3 is 0 Å². The molecule has 1 atom stereocenters. The summed E-state index contributed by atoms with van der Waals surface area (Å²) in [5, 5.41) is 0. The van der Waals surface area contributed by atoms with E-state index in [2.05, 4.69) is 4.98 Å². The quantitative estimate of drug-likeness (QED) is 0.861. The van der Waals surface area contributed by atoms with Crippen molar-refractivity contribution in [2.24, 2.45) is 0 Å². The van der Waals surface area contributed by atoms with Crippen molar-refractivity contribution in [3.05, 3.63) is 10.2 Å². The van der Waals surface area contributed by atoms with E-state index in [1.165, 1.54) is 0 Å². The number of thiazole rings is 1. The highest BCUT2D eigenvalue weighted by atomic mass is 35.5. The maximum absolute atomic E-state index is 12.5. The summed E-state index contributed by atoms with van der Waals surface area (Å²) in [6.45, 7) is 4.31. The molecule has 96 valence electrons. The fourth-order valence-corrected chi connectivity index (χ4v) is 5.85. The molecule has 7 heteroatoms. The maximum atomic E-state index is 12.5. The van der Waals surface area contributed by atoms with Crippen LogP contribution in [-0.4, -0.2) is 30.3 Å². The second kappa shape index (κ2) is 4.84. The molecule has 1 unspecified atom stereocenters. The minimum Gasteiger partial charge on any atom is -0.229 e. The van der Waals surface area contributed by atoms with Gasteiger partial charge in [-0.2, -0.15) is 4.31 Å². The number of hydrogen-bond donors (Lipinski definition) is 0. The first-order valence-corrected chi connectivity index (χ1v) is 8.25. The summed E-state index contributed by atoms with van der Waals surface area (Å²) < 4.78 is 27.1. The van der Waals surface area contributed by atoms with E-state index >= 15 is 0 Å². The molecule has 4 nitrogen and oxygen atoms in total. The number of aryl methyl sites for hydroxylation is 1. The Morgan fingerprint density at radius 1 is 1.59 bits per heavy atom. The standard InChI is InChI=1S/C10H15ClN2O2S2/c1-3-8-5-4-6-13(8)17(14,15)9-7(2)12-10(11)16-9/h8H,3-6H2,1-2H3. The lowest BCUT2D eigenvalue weighted by Crippen LogP contribution is -2.35. The Labute approximate surface area is 111 Å². The number of hydrogen-bond acceptors (Lipinski definition) is 4. The Kier molecular flexibility index (Phi) is 3.77. The van der Waals surface area contributed by atoms with E-state index in [1.54, 1.807) is 11.2 Å². The van der Waals surface area contributed by atoms with Gasteiger partial charge in [-0.05, 0) is 26.2 Å². The smallest absolute Gasteiger partial charge is 0.229 e. The molecule has 0 amide bonds. The highest BCUT2D eigenvalue weighted by Crippen LogP contribution is 2.33. The lowest BCUT2D eigenvalue weighted by molar-refractivity contribution is 0.380. The second-order valence-electron chi connectivity index (χ2n) is 4.16. The highest BCUT2D eigenvalue weighted by molar-refractivity contribution is 7.91. The summed E-state index contributed by atoms with van der Waals surface area (Å²) in [4.78, 5) is 3.98. The normalized spacial score (nSPS) is 22.2. The van der Waals surface area contributed by atoms with Gasteiger partial charge >= 0.3 is 0 Å². The molecule has 0 N–H and O–H groups in total. The van der Waals surface area contributed by atoms with Crippen LogP contribution in [0.5, 0.6) is 0 Å². The molecule has 0 saturated carbocycles. The van der Waals surface area contributed by atoms with Crippen molar-refractivity contribution in [1.29, 1.82) is 0 Å². The van der Waals surface area contributed by atoms with Crippen molar-refractivity contribution >= 4 is 33.0 Å². The number of halogens is 1. The first kappa shape index (κ1) is 13.3. The van der Waals surface area contributed by atoms with Crippen LogP contribution in [0.25, 0.3) is 0 Å². The Bertz CT molecular complexity index is 512. The van der Waals surface area contributed by atoms with E-state index in [-0.39, 0.29) is 10.5 Å². The predicted octanol–water partition coefficient (Wildman–Crippen LogP) is 2.67. The zero-order valence-corrected chi connectivity index (χ0v) is 12.2. The molecule has 1 fully saturated rings. The van der Waals surface area contributed by atoms with Crippen LogP contribution in [0.4, 0.5) is 0 Å². The molecule has 1 aromatic rings. The van der Waals surface area contributed by atoms with Crippen LogP contribution in [0.15, 0.2) is 4.21 Å². The summed E-state index contributed by atoms with van der Waals surface area (Å²) in [5.41, 5.74) is 0.502. The topological polar surface area (TPSA) is 50.3 Å². The van der Waals surface area contributed by atoms with Gasteiger partial charge in [-0.25, -0.2) is 13.4 Å². The van der Waals surface area contributed by atoms with Crippen LogP contribution >= 0.6 is 22.9 Å². The Hall–Kier alpha value is -0.170. The van der Waals surface area contributed by atoms with E-state index in [0.717, 1.165) is 30.6 Å². The zero-order chi connectivity index (χ0) is 12.6. The van der Waals surface area contributed by atoms with Crippen molar-refractivity contribution in [3.63, 3.8) is 0 Å². The van der Waals surface area contributed by atoms with Gasteiger partial charge in [0.1, 0.15) is 0 Å². The van der Waals surface area contributed by atoms with Crippen molar-refractivity contribution in [1.82, 2.24) is 9.29 Å². The molecular weight excluding hydrogens is 280 g/mol. The van der Waals surface area contributed by atoms with Gasteiger partial charge in [0.25, 0.3) is 10.0 Å². The molecule has 1 saturated heterocycles. The lowest BCUT2D eigenvalue weighted by atomic mass is 10.2.